The lowest BCUT2D eigenvalue weighted by molar-refractivity contribution is 0.844. The maximum absolute atomic E-state index is 4.98. The van der Waals surface area contributed by atoms with Crippen LogP contribution in [0, 0.1) is 0 Å². The Hall–Kier alpha value is -4.96. The molecule has 0 saturated carbocycles. The minimum Gasteiger partial charge on any atom is -0.285 e. The number of hydrogen-bond acceptors (Lipinski definition) is 4. The van der Waals surface area contributed by atoms with E-state index < -0.39 is 0 Å². The average molecular weight is 515 g/mol. The second-order valence-electron chi connectivity index (χ2n) is 10.4. The number of pyridine rings is 3. The molecule has 4 nitrogen and oxygen atoms in total. The van der Waals surface area contributed by atoms with Gasteiger partial charge in [0.1, 0.15) is 0 Å². The topological polar surface area (TPSA) is 51.0 Å². The number of dihydropyridines is 1. The fourth-order valence-electron chi connectivity index (χ4n) is 6.50. The van der Waals surface area contributed by atoms with Gasteiger partial charge in [-0.05, 0) is 99.8 Å². The van der Waals surface area contributed by atoms with Gasteiger partial charge in [0.05, 0.1) is 22.8 Å². The molecule has 2 aromatic carbocycles. The molecule has 0 fully saturated rings. The summed E-state index contributed by atoms with van der Waals surface area (Å²) in [6.45, 7) is 0.833. The van der Waals surface area contributed by atoms with E-state index in [1.807, 2.05) is 36.8 Å². The molecule has 0 bridgehead atoms. The minimum absolute atomic E-state index is 0.218. The van der Waals surface area contributed by atoms with Crippen LogP contribution in [-0.2, 0) is 0 Å². The Morgan fingerprint density at radius 1 is 0.725 bits per heavy atom. The van der Waals surface area contributed by atoms with E-state index in [-0.39, 0.29) is 5.92 Å². The first-order chi connectivity index (χ1) is 19.9. The smallest absolute Gasteiger partial charge is 0.0708 e. The van der Waals surface area contributed by atoms with Gasteiger partial charge in [-0.2, -0.15) is 0 Å². The molecule has 0 N–H and O–H groups in total. The van der Waals surface area contributed by atoms with Gasteiger partial charge in [0.25, 0.3) is 0 Å². The van der Waals surface area contributed by atoms with Crippen LogP contribution < -0.4 is 10.4 Å². The van der Waals surface area contributed by atoms with Crippen molar-refractivity contribution in [2.45, 2.75) is 18.8 Å². The number of nitrogens with zero attached hydrogens (tertiary/aromatic N) is 4. The van der Waals surface area contributed by atoms with Gasteiger partial charge in [-0.15, -0.1) is 0 Å². The van der Waals surface area contributed by atoms with Gasteiger partial charge in [-0.25, -0.2) is 0 Å². The van der Waals surface area contributed by atoms with Gasteiger partial charge in [0.2, 0.25) is 0 Å². The Kier molecular flexibility index (Phi) is 5.37. The molecule has 4 heterocycles. The van der Waals surface area contributed by atoms with Crippen LogP contribution >= 0.6 is 0 Å². The lowest BCUT2D eigenvalue weighted by atomic mass is 9.73. The largest absolute Gasteiger partial charge is 0.285 e. The summed E-state index contributed by atoms with van der Waals surface area (Å²) in [7, 11) is 0. The van der Waals surface area contributed by atoms with E-state index in [4.69, 9.17) is 19.9 Å². The summed E-state index contributed by atoms with van der Waals surface area (Å²) >= 11 is 0. The molecule has 8 rings (SSSR count). The number of aromatic nitrogens is 3. The van der Waals surface area contributed by atoms with E-state index in [9.17, 15) is 0 Å². The molecule has 190 valence electrons. The van der Waals surface area contributed by atoms with Gasteiger partial charge in [-0.1, -0.05) is 42.5 Å². The molecule has 0 saturated heterocycles. The van der Waals surface area contributed by atoms with E-state index in [1.54, 1.807) is 0 Å². The number of allylic oxidation sites excluding steroid dienone is 3. The van der Waals surface area contributed by atoms with Gasteiger partial charge in [0, 0.05) is 47.8 Å². The molecule has 1 atom stereocenters. The molecular weight excluding hydrogens is 488 g/mol. The van der Waals surface area contributed by atoms with Crippen molar-refractivity contribution in [3.05, 3.63) is 137 Å². The van der Waals surface area contributed by atoms with Crippen LogP contribution in [0.25, 0.3) is 44.9 Å². The SMILES string of the molecule is C1=CC(C2=CC(c3ccccn3)=c3ccc4c(-c5ccccn5)cc(-c5ccccn5)c5c4c3C2CC=5)=NCC1. The van der Waals surface area contributed by atoms with Crippen molar-refractivity contribution >= 4 is 28.1 Å². The number of benzene rings is 2. The molecule has 0 amide bonds. The second-order valence-corrected chi connectivity index (χ2v) is 10.4. The quantitative estimate of drug-likeness (QED) is 0.288. The van der Waals surface area contributed by atoms with Crippen LogP contribution in [-0.4, -0.2) is 27.2 Å². The highest BCUT2D eigenvalue weighted by molar-refractivity contribution is 6.13. The lowest BCUT2D eigenvalue weighted by Gasteiger charge is -2.31. The molecule has 0 radical (unpaired) electrons. The number of rotatable bonds is 4. The molecular formula is C36H26N4. The highest BCUT2D eigenvalue weighted by atomic mass is 14.7. The van der Waals surface area contributed by atoms with Crippen molar-refractivity contribution in [3.63, 3.8) is 0 Å². The third kappa shape index (κ3) is 3.60. The molecule has 2 aliphatic carbocycles. The first kappa shape index (κ1) is 23.0. The van der Waals surface area contributed by atoms with Crippen LogP contribution in [0.3, 0.4) is 0 Å². The van der Waals surface area contributed by atoms with Gasteiger partial charge in [0.15, 0.2) is 0 Å². The monoisotopic (exact) mass is 514 g/mol. The zero-order valence-corrected chi connectivity index (χ0v) is 22.0. The predicted octanol–water partition coefficient (Wildman–Crippen LogP) is 6.17. The van der Waals surface area contributed by atoms with E-state index in [2.05, 4.69) is 78.9 Å². The predicted molar refractivity (Wildman–Crippen MR) is 162 cm³/mol. The molecule has 1 aliphatic heterocycles. The zero-order valence-electron chi connectivity index (χ0n) is 22.0. The summed E-state index contributed by atoms with van der Waals surface area (Å²) in [5, 5.41) is 5.01. The fourth-order valence-corrected chi connectivity index (χ4v) is 6.50. The fraction of sp³-hybridized carbons (Fsp3) is 0.111. The van der Waals surface area contributed by atoms with E-state index >= 15 is 0 Å². The van der Waals surface area contributed by atoms with Crippen LogP contribution in [0.5, 0.6) is 0 Å². The molecule has 3 aromatic heterocycles. The van der Waals surface area contributed by atoms with Crippen LogP contribution in [0.4, 0.5) is 0 Å². The Balaban J connectivity index is 1.53. The first-order valence-electron chi connectivity index (χ1n) is 13.9. The minimum atomic E-state index is 0.218. The Bertz CT molecular complexity index is 2000. The second kappa shape index (κ2) is 9.35. The van der Waals surface area contributed by atoms with Crippen molar-refractivity contribution in [1.82, 2.24) is 15.0 Å². The van der Waals surface area contributed by atoms with Gasteiger partial charge < -0.3 is 0 Å². The maximum atomic E-state index is 4.98. The van der Waals surface area contributed by atoms with E-state index in [0.717, 1.165) is 58.9 Å². The Morgan fingerprint density at radius 3 is 2.12 bits per heavy atom. The van der Waals surface area contributed by atoms with Crippen LogP contribution in [0.2, 0.25) is 0 Å². The van der Waals surface area contributed by atoms with Crippen molar-refractivity contribution in [2.75, 3.05) is 6.54 Å². The van der Waals surface area contributed by atoms with E-state index in [0.29, 0.717) is 0 Å². The average Bonchev–Trinajstić information content (AvgIpc) is 3.04. The zero-order chi connectivity index (χ0) is 26.5. The standard InChI is InChI=1S/C36H26N4/c1-5-17-37-31(9-1)27-21-28(32-10-2-6-18-38-32)24-15-16-26-30(34-12-4-8-20-40-34)22-29(33-11-3-7-19-39-33)25-14-13-23(27)35(24)36(25)26/h1-7,9-15,17-19,21-22,26H,8,16,20H2. The maximum Gasteiger partial charge on any atom is 0.0708 e. The Morgan fingerprint density at radius 2 is 1.45 bits per heavy atom. The molecule has 40 heavy (non-hydrogen) atoms. The summed E-state index contributed by atoms with van der Waals surface area (Å²) in [5.41, 5.74) is 10.1. The summed E-state index contributed by atoms with van der Waals surface area (Å²) < 4.78 is 0. The third-order valence-electron chi connectivity index (χ3n) is 8.23. The number of hydrogen-bond donors (Lipinski definition) is 0. The van der Waals surface area contributed by atoms with Crippen LogP contribution in [0.1, 0.15) is 30.0 Å². The molecule has 1 unspecified atom stereocenters. The highest BCUT2D eigenvalue weighted by Crippen LogP contribution is 2.41. The summed E-state index contributed by atoms with van der Waals surface area (Å²) in [5.74, 6) is 0.218. The molecule has 3 aliphatic rings. The van der Waals surface area contributed by atoms with Crippen molar-refractivity contribution in [3.8, 4) is 22.5 Å². The highest BCUT2D eigenvalue weighted by Gasteiger charge is 2.31. The summed E-state index contributed by atoms with van der Waals surface area (Å²) in [6.07, 6.45) is 16.7. The third-order valence-corrected chi connectivity index (χ3v) is 8.23. The Labute approximate surface area is 232 Å². The summed E-state index contributed by atoms with van der Waals surface area (Å²) in [6, 6.07) is 25.3. The van der Waals surface area contributed by atoms with Gasteiger partial charge >= 0.3 is 0 Å². The lowest BCUT2D eigenvalue weighted by Crippen LogP contribution is -2.30. The van der Waals surface area contributed by atoms with Crippen molar-refractivity contribution in [1.29, 1.82) is 0 Å². The molecule has 4 heteroatoms. The normalized spacial score (nSPS) is 17.3. The number of aliphatic imine (C=N–C) groups is 1. The first-order valence-corrected chi connectivity index (χ1v) is 13.9. The van der Waals surface area contributed by atoms with Crippen LogP contribution in [0.15, 0.2) is 120 Å². The molecule has 0 spiro atoms. The van der Waals surface area contributed by atoms with Gasteiger partial charge in [-0.3, -0.25) is 19.9 Å². The molecule has 5 aromatic rings. The van der Waals surface area contributed by atoms with E-state index in [1.165, 1.54) is 32.3 Å². The summed E-state index contributed by atoms with van der Waals surface area (Å²) in [4.78, 5) is 19.3. The van der Waals surface area contributed by atoms with Crippen molar-refractivity contribution in [2.24, 2.45) is 4.99 Å². The van der Waals surface area contributed by atoms with Crippen molar-refractivity contribution < 1.29 is 0 Å².